The molecule has 0 unspecified atom stereocenters. The molecule has 0 aliphatic heterocycles. The molecule has 0 aliphatic carbocycles. The summed E-state index contributed by atoms with van der Waals surface area (Å²) in [5.41, 5.74) is 2.00. The predicted molar refractivity (Wildman–Crippen MR) is 71.8 cm³/mol. The number of pyridine rings is 1. The first-order valence-corrected chi connectivity index (χ1v) is 6.11. The summed E-state index contributed by atoms with van der Waals surface area (Å²) in [4.78, 5) is 16.2. The molecule has 0 bridgehead atoms. The lowest BCUT2D eigenvalue weighted by Gasteiger charge is -2.06. The van der Waals surface area contributed by atoms with Crippen LogP contribution in [0.3, 0.4) is 0 Å². The molecule has 6 heteroatoms. The van der Waals surface area contributed by atoms with Gasteiger partial charge in [-0.05, 0) is 13.0 Å². The first-order valence-electron chi connectivity index (χ1n) is 5.73. The average Bonchev–Trinajstić information content (AvgIpc) is 2.65. The third kappa shape index (κ3) is 2.61. The van der Waals surface area contributed by atoms with Crippen LogP contribution in [0.1, 0.15) is 21.6 Å². The monoisotopic (exact) mass is 279 g/mol. The van der Waals surface area contributed by atoms with E-state index in [0.29, 0.717) is 16.5 Å². The van der Waals surface area contributed by atoms with E-state index in [1.807, 2.05) is 6.92 Å². The van der Waals surface area contributed by atoms with Crippen LogP contribution in [0.25, 0.3) is 0 Å². The van der Waals surface area contributed by atoms with Crippen molar-refractivity contribution >= 4 is 17.4 Å². The Morgan fingerprint density at radius 3 is 2.84 bits per heavy atom. The number of hydrogen-bond donors (Lipinski definition) is 0. The second-order valence-electron chi connectivity index (χ2n) is 4.15. The highest BCUT2D eigenvalue weighted by molar-refractivity contribution is 6.30. The summed E-state index contributed by atoms with van der Waals surface area (Å²) in [6, 6.07) is 1.64. The van der Waals surface area contributed by atoms with Gasteiger partial charge in [-0.25, -0.2) is 0 Å². The van der Waals surface area contributed by atoms with Crippen molar-refractivity contribution in [1.82, 2.24) is 14.8 Å². The van der Waals surface area contributed by atoms with Crippen LogP contribution in [-0.2, 0) is 13.5 Å². The van der Waals surface area contributed by atoms with Gasteiger partial charge in [-0.15, -0.1) is 0 Å². The molecule has 19 heavy (non-hydrogen) atoms. The highest BCUT2D eigenvalue weighted by atomic mass is 35.5. The number of hydrogen-bond acceptors (Lipinski definition) is 4. The quantitative estimate of drug-likeness (QED) is 0.805. The van der Waals surface area contributed by atoms with Crippen molar-refractivity contribution < 1.29 is 9.53 Å². The number of methoxy groups -OCH3 is 1. The standard InChI is InChI=1S/C13H14ClN3O2/c1-8-10(13(14)17(2)16-8)6-11(18)9-4-5-15-7-12(9)19-3/h4-5,7H,6H2,1-3H3. The van der Waals surface area contributed by atoms with Crippen molar-refractivity contribution in [2.24, 2.45) is 7.05 Å². The molecule has 2 rings (SSSR count). The van der Waals surface area contributed by atoms with Gasteiger partial charge in [0.15, 0.2) is 5.78 Å². The van der Waals surface area contributed by atoms with Crippen molar-refractivity contribution in [3.63, 3.8) is 0 Å². The van der Waals surface area contributed by atoms with Crippen LogP contribution < -0.4 is 4.74 Å². The highest BCUT2D eigenvalue weighted by Crippen LogP contribution is 2.23. The van der Waals surface area contributed by atoms with Crippen molar-refractivity contribution in [2.75, 3.05) is 7.11 Å². The van der Waals surface area contributed by atoms with Crippen molar-refractivity contribution in [3.8, 4) is 5.75 Å². The predicted octanol–water partition coefficient (Wildman–Crippen LogP) is 2.21. The Balaban J connectivity index is 2.31. The van der Waals surface area contributed by atoms with Gasteiger partial charge < -0.3 is 4.74 Å². The maximum Gasteiger partial charge on any atom is 0.171 e. The molecule has 5 nitrogen and oxygen atoms in total. The molecular formula is C13H14ClN3O2. The zero-order valence-corrected chi connectivity index (χ0v) is 11.7. The Kier molecular flexibility index (Phi) is 3.85. The molecule has 0 saturated carbocycles. The Labute approximate surface area is 116 Å². The second kappa shape index (κ2) is 5.40. The minimum absolute atomic E-state index is 0.0720. The fourth-order valence-corrected chi connectivity index (χ4v) is 2.14. The Morgan fingerprint density at radius 2 is 2.26 bits per heavy atom. The summed E-state index contributed by atoms with van der Waals surface area (Å²) in [7, 11) is 3.26. The minimum atomic E-state index is -0.0720. The Bertz CT molecular complexity index is 622. The van der Waals surface area contributed by atoms with Crippen LogP contribution in [0.15, 0.2) is 18.5 Å². The van der Waals surface area contributed by atoms with Crippen LogP contribution in [0.4, 0.5) is 0 Å². The highest BCUT2D eigenvalue weighted by Gasteiger charge is 2.18. The number of carbonyl (C=O) groups is 1. The molecule has 2 aromatic rings. The molecule has 0 spiro atoms. The van der Waals surface area contributed by atoms with E-state index >= 15 is 0 Å². The van der Waals surface area contributed by atoms with Gasteiger partial charge in [-0.1, -0.05) is 11.6 Å². The lowest BCUT2D eigenvalue weighted by atomic mass is 10.0. The zero-order valence-electron chi connectivity index (χ0n) is 11.0. The van der Waals surface area contributed by atoms with Gasteiger partial charge in [0.2, 0.25) is 0 Å². The number of ketones is 1. The van der Waals surface area contributed by atoms with E-state index in [-0.39, 0.29) is 12.2 Å². The van der Waals surface area contributed by atoms with Crippen LogP contribution in [0.2, 0.25) is 5.15 Å². The van der Waals surface area contributed by atoms with Crippen LogP contribution in [0.5, 0.6) is 5.75 Å². The normalized spacial score (nSPS) is 10.5. The lowest BCUT2D eigenvalue weighted by molar-refractivity contribution is 0.0989. The molecule has 0 radical (unpaired) electrons. The maximum absolute atomic E-state index is 12.3. The van der Waals surface area contributed by atoms with Gasteiger partial charge in [-0.3, -0.25) is 14.5 Å². The Morgan fingerprint density at radius 1 is 1.53 bits per heavy atom. The first-order chi connectivity index (χ1) is 9.04. The lowest BCUT2D eigenvalue weighted by Crippen LogP contribution is -2.07. The summed E-state index contributed by atoms with van der Waals surface area (Å²) in [5.74, 6) is 0.391. The molecular weight excluding hydrogens is 266 g/mol. The average molecular weight is 280 g/mol. The maximum atomic E-state index is 12.3. The number of aryl methyl sites for hydroxylation is 2. The molecule has 100 valence electrons. The van der Waals surface area contributed by atoms with E-state index in [4.69, 9.17) is 16.3 Å². The summed E-state index contributed by atoms with van der Waals surface area (Å²) in [5, 5.41) is 4.67. The number of aromatic nitrogens is 3. The number of halogens is 1. The minimum Gasteiger partial charge on any atom is -0.494 e. The largest absolute Gasteiger partial charge is 0.494 e. The SMILES string of the molecule is COc1cnccc1C(=O)Cc1c(C)nn(C)c1Cl. The first kappa shape index (κ1) is 13.5. The van der Waals surface area contributed by atoms with Gasteiger partial charge in [0, 0.05) is 25.2 Å². The molecule has 2 heterocycles. The van der Waals surface area contributed by atoms with Gasteiger partial charge in [0.05, 0.1) is 24.6 Å². The number of carbonyl (C=O) groups excluding carboxylic acids is 1. The van der Waals surface area contributed by atoms with Crippen molar-refractivity contribution in [3.05, 3.63) is 40.4 Å². The molecule has 0 aliphatic rings. The molecule has 0 aromatic carbocycles. The van der Waals surface area contributed by atoms with Gasteiger partial charge >= 0.3 is 0 Å². The third-order valence-corrected chi connectivity index (χ3v) is 3.38. The smallest absolute Gasteiger partial charge is 0.171 e. The van der Waals surface area contributed by atoms with E-state index in [9.17, 15) is 4.79 Å². The van der Waals surface area contributed by atoms with Gasteiger partial charge in [-0.2, -0.15) is 5.10 Å². The van der Waals surface area contributed by atoms with E-state index in [1.54, 1.807) is 24.0 Å². The number of ether oxygens (including phenoxy) is 1. The molecule has 0 N–H and O–H groups in total. The molecule has 0 fully saturated rings. The summed E-state index contributed by atoms with van der Waals surface area (Å²) in [6.45, 7) is 1.83. The molecule has 0 atom stereocenters. The Hall–Kier alpha value is -1.88. The fraction of sp³-hybridized carbons (Fsp3) is 0.308. The van der Waals surface area contributed by atoms with Crippen molar-refractivity contribution in [1.29, 1.82) is 0 Å². The molecule has 2 aromatic heterocycles. The third-order valence-electron chi connectivity index (χ3n) is 2.91. The summed E-state index contributed by atoms with van der Waals surface area (Å²) >= 11 is 6.12. The topological polar surface area (TPSA) is 57.0 Å². The zero-order chi connectivity index (χ0) is 14.0. The summed E-state index contributed by atoms with van der Waals surface area (Å²) in [6.07, 6.45) is 3.28. The number of nitrogens with zero attached hydrogens (tertiary/aromatic N) is 3. The van der Waals surface area contributed by atoms with E-state index in [1.165, 1.54) is 13.3 Å². The van der Waals surface area contributed by atoms with Crippen LogP contribution >= 0.6 is 11.6 Å². The summed E-state index contributed by atoms with van der Waals surface area (Å²) < 4.78 is 6.69. The van der Waals surface area contributed by atoms with Gasteiger partial charge in [0.1, 0.15) is 10.9 Å². The number of Topliss-reactive ketones (excluding diaryl/α,β-unsaturated/α-hetero) is 1. The fourth-order valence-electron chi connectivity index (χ4n) is 1.90. The van der Waals surface area contributed by atoms with E-state index in [2.05, 4.69) is 10.1 Å². The van der Waals surface area contributed by atoms with Gasteiger partial charge in [0.25, 0.3) is 0 Å². The van der Waals surface area contributed by atoms with E-state index in [0.717, 1.165) is 11.3 Å². The second-order valence-corrected chi connectivity index (χ2v) is 4.51. The molecule has 0 amide bonds. The van der Waals surface area contributed by atoms with Crippen molar-refractivity contribution in [2.45, 2.75) is 13.3 Å². The van der Waals surface area contributed by atoms with E-state index < -0.39 is 0 Å². The molecule has 0 saturated heterocycles. The number of rotatable bonds is 4. The van der Waals surface area contributed by atoms with Crippen LogP contribution in [-0.4, -0.2) is 27.7 Å². The van der Waals surface area contributed by atoms with Crippen LogP contribution in [0, 0.1) is 6.92 Å².